The Morgan fingerprint density at radius 1 is 1.17 bits per heavy atom. The summed E-state index contributed by atoms with van der Waals surface area (Å²) in [6.45, 7) is 3.81. The number of ether oxygens (including phenoxy) is 1. The van der Waals surface area contributed by atoms with Crippen LogP contribution < -0.4 is 0 Å². The maximum Gasteiger partial charge on any atom is 0.306 e. The van der Waals surface area contributed by atoms with Crippen molar-refractivity contribution in [2.75, 3.05) is 0 Å². The van der Waals surface area contributed by atoms with E-state index < -0.39 is 12.1 Å². The summed E-state index contributed by atoms with van der Waals surface area (Å²) in [6.07, 6.45) is 13.1. The molecule has 1 unspecified atom stereocenters. The van der Waals surface area contributed by atoms with Gasteiger partial charge in [0.2, 0.25) is 0 Å². The van der Waals surface area contributed by atoms with Gasteiger partial charge in [0.15, 0.2) is 0 Å². The summed E-state index contributed by atoms with van der Waals surface area (Å²) in [7, 11) is 0. The molecule has 2 saturated heterocycles. The van der Waals surface area contributed by atoms with Gasteiger partial charge in [0.25, 0.3) is 0 Å². The Bertz CT molecular complexity index is 711. The Labute approximate surface area is 174 Å². The van der Waals surface area contributed by atoms with E-state index in [2.05, 4.69) is 37.3 Å². The molecule has 1 aromatic carbocycles. The maximum absolute atomic E-state index is 10.9. The van der Waals surface area contributed by atoms with Crippen molar-refractivity contribution in [3.8, 4) is 0 Å². The summed E-state index contributed by atoms with van der Waals surface area (Å²) in [5, 5.41) is 19.6. The molecule has 2 aliphatic rings. The summed E-state index contributed by atoms with van der Waals surface area (Å²) in [5.74, 6) is -0.185. The Balaban J connectivity index is 1.54. The molecule has 2 fully saturated rings. The molecule has 0 amide bonds. The molecule has 1 aromatic rings. The molecule has 2 heterocycles. The molecule has 2 bridgehead atoms. The smallest absolute Gasteiger partial charge is 0.306 e. The topological polar surface area (TPSA) is 66.8 Å². The zero-order valence-corrected chi connectivity index (χ0v) is 17.5. The van der Waals surface area contributed by atoms with Crippen molar-refractivity contribution < 1.29 is 19.7 Å². The van der Waals surface area contributed by atoms with Crippen LogP contribution in [0.4, 0.5) is 0 Å². The second-order valence-electron chi connectivity index (χ2n) is 8.63. The highest BCUT2D eigenvalue weighted by Crippen LogP contribution is 2.46. The Kier molecular flexibility index (Phi) is 7.68. The van der Waals surface area contributed by atoms with Gasteiger partial charge >= 0.3 is 5.97 Å². The van der Waals surface area contributed by atoms with Gasteiger partial charge in [0, 0.05) is 11.8 Å². The molecule has 3 rings (SSSR count). The maximum atomic E-state index is 10.9. The molecule has 2 aliphatic heterocycles. The van der Waals surface area contributed by atoms with E-state index in [9.17, 15) is 9.90 Å². The molecule has 0 aliphatic carbocycles. The predicted molar refractivity (Wildman–Crippen MR) is 115 cm³/mol. The molecule has 29 heavy (non-hydrogen) atoms. The lowest BCUT2D eigenvalue weighted by Crippen LogP contribution is -2.26. The van der Waals surface area contributed by atoms with Gasteiger partial charge in [-0.3, -0.25) is 4.79 Å². The first kappa shape index (κ1) is 21.8. The van der Waals surface area contributed by atoms with Crippen molar-refractivity contribution in [1.82, 2.24) is 0 Å². The highest BCUT2D eigenvalue weighted by atomic mass is 16.5. The molecule has 0 aromatic heterocycles. The van der Waals surface area contributed by atoms with E-state index in [1.807, 2.05) is 24.3 Å². The fourth-order valence-corrected chi connectivity index (χ4v) is 4.59. The summed E-state index contributed by atoms with van der Waals surface area (Å²) >= 11 is 0. The largest absolute Gasteiger partial charge is 0.481 e. The van der Waals surface area contributed by atoms with Crippen molar-refractivity contribution >= 4 is 5.97 Å². The zero-order valence-electron chi connectivity index (χ0n) is 17.5. The zero-order chi connectivity index (χ0) is 20.8. The normalized spacial score (nSPS) is 29.5. The average Bonchev–Trinajstić information content (AvgIpc) is 3.33. The number of aliphatic hydroxyl groups is 1. The van der Waals surface area contributed by atoms with Gasteiger partial charge in [-0.15, -0.1) is 0 Å². The Morgan fingerprint density at radius 2 is 1.90 bits per heavy atom. The molecule has 0 saturated carbocycles. The van der Waals surface area contributed by atoms with Crippen LogP contribution in [0.3, 0.4) is 0 Å². The number of fused-ring (bicyclic) bond motifs is 2. The molecule has 0 spiro atoms. The number of carboxylic acids is 1. The number of hydrogen-bond acceptors (Lipinski definition) is 3. The highest BCUT2D eigenvalue weighted by Gasteiger charge is 2.46. The van der Waals surface area contributed by atoms with E-state index in [4.69, 9.17) is 9.84 Å². The van der Waals surface area contributed by atoms with Crippen LogP contribution >= 0.6 is 0 Å². The van der Waals surface area contributed by atoms with Crippen molar-refractivity contribution in [3.05, 3.63) is 60.2 Å². The Hall–Kier alpha value is -1.91. The van der Waals surface area contributed by atoms with E-state index in [0.717, 1.165) is 31.2 Å². The first-order chi connectivity index (χ1) is 14.0. The number of rotatable bonds is 10. The predicted octanol–water partition coefficient (Wildman–Crippen LogP) is 4.95. The average molecular weight is 399 g/mol. The van der Waals surface area contributed by atoms with E-state index >= 15 is 0 Å². The Morgan fingerprint density at radius 3 is 2.62 bits per heavy atom. The van der Waals surface area contributed by atoms with Gasteiger partial charge in [0.05, 0.1) is 24.2 Å². The number of aliphatic hydroxyl groups excluding tert-OH is 1. The highest BCUT2D eigenvalue weighted by molar-refractivity contribution is 5.69. The third kappa shape index (κ3) is 5.58. The minimum absolute atomic E-state index is 0.0570. The molecule has 2 N–H and O–H groups in total. The molecular formula is C25H34O4. The SMILES string of the molecule is CC(CC/C=C\C[C@@H]1[C@H](/C=C/[C@H](O)[C@@H](C)c2ccccc2)[C@H]2CC[C@@H]1O2)C(=O)O. The van der Waals surface area contributed by atoms with Crippen LogP contribution in [-0.2, 0) is 9.53 Å². The quantitative estimate of drug-likeness (QED) is 0.547. The van der Waals surface area contributed by atoms with Gasteiger partial charge in [-0.25, -0.2) is 0 Å². The van der Waals surface area contributed by atoms with Crippen LogP contribution in [0.2, 0.25) is 0 Å². The third-order valence-electron chi connectivity index (χ3n) is 6.62. The molecule has 0 radical (unpaired) electrons. The van der Waals surface area contributed by atoms with E-state index in [0.29, 0.717) is 24.4 Å². The van der Waals surface area contributed by atoms with Crippen LogP contribution in [0.1, 0.15) is 57.4 Å². The van der Waals surface area contributed by atoms with Crippen molar-refractivity contribution in [1.29, 1.82) is 0 Å². The first-order valence-corrected chi connectivity index (χ1v) is 10.9. The van der Waals surface area contributed by atoms with Gasteiger partial charge in [-0.05, 0) is 43.6 Å². The minimum Gasteiger partial charge on any atom is -0.481 e. The summed E-state index contributed by atoms with van der Waals surface area (Å²) < 4.78 is 6.16. The summed E-state index contributed by atoms with van der Waals surface area (Å²) in [6, 6.07) is 10.1. The second-order valence-corrected chi connectivity index (χ2v) is 8.63. The fourth-order valence-electron chi connectivity index (χ4n) is 4.59. The third-order valence-corrected chi connectivity index (χ3v) is 6.62. The summed E-state index contributed by atoms with van der Waals surface area (Å²) in [4.78, 5) is 10.9. The lowest BCUT2D eigenvalue weighted by Gasteiger charge is -2.25. The minimum atomic E-state index is -0.728. The van der Waals surface area contributed by atoms with E-state index in [-0.39, 0.29) is 17.9 Å². The number of hydrogen-bond donors (Lipinski definition) is 2. The molecule has 7 atom stereocenters. The molecule has 4 nitrogen and oxygen atoms in total. The van der Waals surface area contributed by atoms with E-state index in [1.54, 1.807) is 6.92 Å². The van der Waals surface area contributed by atoms with Crippen LogP contribution in [0, 0.1) is 17.8 Å². The van der Waals surface area contributed by atoms with Crippen LogP contribution in [-0.4, -0.2) is 34.5 Å². The van der Waals surface area contributed by atoms with Gasteiger partial charge in [0.1, 0.15) is 0 Å². The van der Waals surface area contributed by atoms with Crippen molar-refractivity contribution in [3.63, 3.8) is 0 Å². The van der Waals surface area contributed by atoms with Gasteiger partial charge in [-0.2, -0.15) is 0 Å². The van der Waals surface area contributed by atoms with Gasteiger partial charge in [-0.1, -0.05) is 68.5 Å². The molecule has 4 heteroatoms. The standard InChI is InChI=1S/C25H34O4/c1-17(25(27)28)9-5-3-8-12-20-21(24-16-15-23(20)29-24)13-14-22(26)18(2)19-10-6-4-7-11-19/h3-4,6-8,10-11,13-14,17-18,20-24,26H,5,9,12,15-16H2,1-2H3,(H,27,28)/b8-3-,14-13+/t17?,18-,20+,21-,22-,23-,24+/m0/s1. The lowest BCUT2D eigenvalue weighted by atomic mass is 9.77. The number of benzene rings is 1. The second kappa shape index (κ2) is 10.2. The summed E-state index contributed by atoms with van der Waals surface area (Å²) in [5.41, 5.74) is 1.14. The van der Waals surface area contributed by atoms with Crippen molar-refractivity contribution in [2.24, 2.45) is 17.8 Å². The lowest BCUT2D eigenvalue weighted by molar-refractivity contribution is -0.141. The number of allylic oxidation sites excluding steroid dienone is 2. The first-order valence-electron chi connectivity index (χ1n) is 10.9. The van der Waals surface area contributed by atoms with Crippen LogP contribution in [0.25, 0.3) is 0 Å². The van der Waals surface area contributed by atoms with Gasteiger partial charge < -0.3 is 14.9 Å². The van der Waals surface area contributed by atoms with Crippen LogP contribution in [0.5, 0.6) is 0 Å². The number of aliphatic carboxylic acids is 1. The van der Waals surface area contributed by atoms with Crippen LogP contribution in [0.15, 0.2) is 54.6 Å². The monoisotopic (exact) mass is 398 g/mol. The van der Waals surface area contributed by atoms with Crippen molar-refractivity contribution in [2.45, 2.75) is 70.2 Å². The number of carbonyl (C=O) groups is 1. The van der Waals surface area contributed by atoms with E-state index in [1.165, 1.54) is 0 Å². The number of carboxylic acid groups (broad SMARTS) is 1. The fraction of sp³-hybridized carbons (Fsp3) is 0.560. The molecule has 158 valence electrons. The molecular weight excluding hydrogens is 364 g/mol.